The van der Waals surface area contributed by atoms with E-state index in [0.717, 1.165) is 36.6 Å². The molecule has 238 valence electrons. The lowest BCUT2D eigenvalue weighted by Gasteiger charge is -2.31. The molecule has 0 spiro atoms. The Kier molecular flexibility index (Phi) is 7.67. The third-order valence-electron chi connectivity index (χ3n) is 8.18. The van der Waals surface area contributed by atoms with Gasteiger partial charge in [0.1, 0.15) is 35.0 Å². The van der Waals surface area contributed by atoms with Crippen LogP contribution >= 0.6 is 0 Å². The van der Waals surface area contributed by atoms with Gasteiger partial charge in [0, 0.05) is 34.6 Å². The van der Waals surface area contributed by atoms with Gasteiger partial charge < -0.3 is 25.6 Å². The van der Waals surface area contributed by atoms with Crippen LogP contribution in [-0.4, -0.2) is 52.3 Å². The molecular weight excluding hydrogens is 608 g/mol. The summed E-state index contributed by atoms with van der Waals surface area (Å²) >= 11 is 0. The van der Waals surface area contributed by atoms with Crippen molar-refractivity contribution in [2.45, 2.75) is 43.1 Å². The van der Waals surface area contributed by atoms with Crippen LogP contribution in [0.15, 0.2) is 73.1 Å². The van der Waals surface area contributed by atoms with Crippen molar-refractivity contribution in [2.24, 2.45) is 5.73 Å². The number of aromatic nitrogens is 2. The number of rotatable bonds is 9. The Balaban J connectivity index is 1.37. The number of amides is 2. The van der Waals surface area contributed by atoms with E-state index in [-0.39, 0.29) is 40.8 Å². The van der Waals surface area contributed by atoms with Crippen LogP contribution in [0, 0.1) is 5.82 Å². The SMILES string of the molecule is C[C@]1(C(N)=O)COc2c1cc([C@@](O)(CNC(=O)c1ccc(-c3ccncc3)c(OC3CC3)c1)C(F)(F)F)nc2-c1ccc(F)cc1. The van der Waals surface area contributed by atoms with Crippen molar-refractivity contribution in [3.05, 3.63) is 95.7 Å². The van der Waals surface area contributed by atoms with Crippen LogP contribution in [0.1, 0.15) is 41.4 Å². The fourth-order valence-corrected chi connectivity index (χ4v) is 5.15. The van der Waals surface area contributed by atoms with Crippen LogP contribution in [0.5, 0.6) is 11.5 Å². The first-order chi connectivity index (χ1) is 21.8. The summed E-state index contributed by atoms with van der Waals surface area (Å²) in [5.74, 6) is -2.04. The van der Waals surface area contributed by atoms with E-state index in [1.807, 2.05) is 0 Å². The molecule has 1 aliphatic heterocycles. The minimum absolute atomic E-state index is 0.00148. The fourth-order valence-electron chi connectivity index (χ4n) is 5.15. The molecule has 9 nitrogen and oxygen atoms in total. The Hall–Kier alpha value is -5.04. The van der Waals surface area contributed by atoms with Gasteiger partial charge in [-0.25, -0.2) is 9.37 Å². The van der Waals surface area contributed by atoms with Crippen LogP contribution in [-0.2, 0) is 15.8 Å². The number of primary amides is 1. The molecule has 6 rings (SSSR count). The Morgan fingerprint density at radius 1 is 1.07 bits per heavy atom. The molecule has 1 fully saturated rings. The highest BCUT2D eigenvalue weighted by Crippen LogP contribution is 2.48. The van der Waals surface area contributed by atoms with Gasteiger partial charge in [0.05, 0.1) is 18.3 Å². The van der Waals surface area contributed by atoms with E-state index >= 15 is 0 Å². The summed E-state index contributed by atoms with van der Waals surface area (Å²) in [6, 6.07) is 13.6. The normalized spacial score (nSPS) is 18.7. The maximum absolute atomic E-state index is 14.7. The molecule has 2 aromatic heterocycles. The van der Waals surface area contributed by atoms with Crippen LogP contribution in [0.25, 0.3) is 22.4 Å². The van der Waals surface area contributed by atoms with Gasteiger partial charge in [-0.3, -0.25) is 14.6 Å². The van der Waals surface area contributed by atoms with E-state index < -0.39 is 47.1 Å². The summed E-state index contributed by atoms with van der Waals surface area (Å²) < 4.78 is 69.6. The second-order valence-electron chi connectivity index (χ2n) is 11.5. The first-order valence-corrected chi connectivity index (χ1v) is 14.3. The van der Waals surface area contributed by atoms with Crippen molar-refractivity contribution in [3.8, 4) is 33.9 Å². The predicted octanol–water partition coefficient (Wildman–Crippen LogP) is 4.81. The number of aliphatic hydroxyl groups is 1. The van der Waals surface area contributed by atoms with Gasteiger partial charge in [0.25, 0.3) is 5.91 Å². The van der Waals surface area contributed by atoms with Gasteiger partial charge >= 0.3 is 6.18 Å². The van der Waals surface area contributed by atoms with Gasteiger partial charge in [-0.1, -0.05) is 0 Å². The largest absolute Gasteiger partial charge is 0.490 e. The standard InChI is InChI=1S/C33H28F4N4O5/c1-31(30(38)43)17-45-28-24(31)15-26(41-27(28)19-2-5-21(34)6-3-19)32(44,33(35,36)37)16-40-29(42)20-4-9-23(18-10-12-39-13-11-18)25(14-20)46-22-7-8-22/h2-6,9-15,22,44H,7-8,16-17H2,1H3,(H2,38,43)(H,40,42)/t31-,32-/m0/s1. The first-order valence-electron chi connectivity index (χ1n) is 14.3. The minimum atomic E-state index is -5.35. The van der Waals surface area contributed by atoms with Crippen LogP contribution in [0.2, 0.25) is 0 Å². The number of nitrogens with two attached hydrogens (primary N) is 1. The van der Waals surface area contributed by atoms with Crippen molar-refractivity contribution in [1.82, 2.24) is 15.3 Å². The zero-order valence-electron chi connectivity index (χ0n) is 24.4. The summed E-state index contributed by atoms with van der Waals surface area (Å²) in [5, 5.41) is 13.5. The highest BCUT2D eigenvalue weighted by Gasteiger charge is 2.57. The number of nitrogens with one attached hydrogen (secondary N) is 1. The number of pyridine rings is 2. The summed E-state index contributed by atoms with van der Waals surface area (Å²) in [6.07, 6.45) is -0.527. The molecule has 2 aliphatic rings. The number of carbonyl (C=O) groups excluding carboxylic acids is 2. The molecule has 2 aromatic carbocycles. The van der Waals surface area contributed by atoms with Crippen molar-refractivity contribution >= 4 is 11.8 Å². The van der Waals surface area contributed by atoms with Crippen molar-refractivity contribution < 1.29 is 41.7 Å². The molecule has 2 amide bonds. The van der Waals surface area contributed by atoms with Crippen molar-refractivity contribution in [2.75, 3.05) is 13.2 Å². The second kappa shape index (κ2) is 11.4. The van der Waals surface area contributed by atoms with E-state index in [4.69, 9.17) is 15.2 Å². The smallest absolute Gasteiger partial charge is 0.424 e. The molecule has 3 heterocycles. The predicted molar refractivity (Wildman–Crippen MR) is 157 cm³/mol. The molecule has 13 heteroatoms. The van der Waals surface area contributed by atoms with Crippen LogP contribution in [0.3, 0.4) is 0 Å². The summed E-state index contributed by atoms with van der Waals surface area (Å²) in [7, 11) is 0. The maximum Gasteiger partial charge on any atom is 0.424 e. The topological polar surface area (TPSA) is 137 Å². The molecule has 1 saturated carbocycles. The fraction of sp³-hybridized carbons (Fsp3) is 0.273. The molecule has 0 unspecified atom stereocenters. The van der Waals surface area contributed by atoms with Crippen LogP contribution in [0.4, 0.5) is 17.6 Å². The molecule has 1 aliphatic carbocycles. The zero-order chi connectivity index (χ0) is 32.9. The average Bonchev–Trinajstić information content (AvgIpc) is 3.79. The monoisotopic (exact) mass is 636 g/mol. The highest BCUT2D eigenvalue weighted by molar-refractivity contribution is 5.95. The lowest BCUT2D eigenvalue weighted by molar-refractivity contribution is -0.265. The third-order valence-corrected chi connectivity index (χ3v) is 8.18. The lowest BCUT2D eigenvalue weighted by atomic mass is 9.81. The van der Waals surface area contributed by atoms with E-state index in [0.29, 0.717) is 11.3 Å². The second-order valence-corrected chi connectivity index (χ2v) is 11.5. The quantitative estimate of drug-likeness (QED) is 0.225. The maximum atomic E-state index is 14.7. The van der Waals surface area contributed by atoms with Gasteiger partial charge in [-0.2, -0.15) is 13.2 Å². The average molecular weight is 637 g/mol. The highest BCUT2D eigenvalue weighted by atomic mass is 19.4. The lowest BCUT2D eigenvalue weighted by Crippen LogP contribution is -2.51. The molecule has 0 saturated heterocycles. The van der Waals surface area contributed by atoms with Gasteiger partial charge in [-0.15, -0.1) is 0 Å². The summed E-state index contributed by atoms with van der Waals surface area (Å²) in [5.41, 5.74) is 0.824. The number of ether oxygens (including phenoxy) is 2. The summed E-state index contributed by atoms with van der Waals surface area (Å²) in [4.78, 5) is 33.8. The van der Waals surface area contributed by atoms with Crippen molar-refractivity contribution in [3.63, 3.8) is 0 Å². The first kappa shape index (κ1) is 31.0. The molecule has 4 aromatic rings. The number of hydrogen-bond donors (Lipinski definition) is 3. The molecule has 2 atom stereocenters. The number of alkyl halides is 3. The third kappa shape index (κ3) is 5.62. The number of carbonyl (C=O) groups is 2. The number of halogens is 4. The Morgan fingerprint density at radius 2 is 1.76 bits per heavy atom. The van der Waals surface area contributed by atoms with Gasteiger partial charge in [0.2, 0.25) is 11.5 Å². The number of hydrogen-bond acceptors (Lipinski definition) is 7. The zero-order valence-corrected chi connectivity index (χ0v) is 24.4. The van der Waals surface area contributed by atoms with Gasteiger partial charge in [0.15, 0.2) is 0 Å². The van der Waals surface area contributed by atoms with E-state index in [1.165, 1.54) is 31.2 Å². The van der Waals surface area contributed by atoms with E-state index in [9.17, 15) is 32.3 Å². The Labute approximate surface area is 260 Å². The van der Waals surface area contributed by atoms with E-state index in [1.54, 1.807) is 30.6 Å². The van der Waals surface area contributed by atoms with Gasteiger partial charge in [-0.05, 0) is 86.0 Å². The Bertz CT molecular complexity index is 1820. The molecule has 46 heavy (non-hydrogen) atoms. The Morgan fingerprint density at radius 3 is 2.39 bits per heavy atom. The molecule has 0 bridgehead atoms. The van der Waals surface area contributed by atoms with Crippen LogP contribution < -0.4 is 20.5 Å². The number of benzene rings is 2. The minimum Gasteiger partial charge on any atom is -0.490 e. The van der Waals surface area contributed by atoms with Crippen molar-refractivity contribution in [1.29, 1.82) is 0 Å². The molecule has 4 N–H and O–H groups in total. The number of fused-ring (bicyclic) bond motifs is 1. The molecule has 0 radical (unpaired) electrons. The number of nitrogens with zero attached hydrogens (tertiary/aromatic N) is 2. The van der Waals surface area contributed by atoms with E-state index in [2.05, 4.69) is 15.3 Å². The summed E-state index contributed by atoms with van der Waals surface area (Å²) in [6.45, 7) is -0.229. The molecular formula is C33H28F4N4O5.